The summed E-state index contributed by atoms with van der Waals surface area (Å²) in [5.41, 5.74) is 2.07. The number of fused-ring (bicyclic) bond motifs is 1. The molecule has 0 fully saturated rings. The summed E-state index contributed by atoms with van der Waals surface area (Å²) in [4.78, 5) is 37.2. The Morgan fingerprint density at radius 1 is 1.10 bits per heavy atom. The molecule has 0 saturated carbocycles. The number of rotatable bonds is 6. The topological polar surface area (TPSA) is 115 Å². The van der Waals surface area contributed by atoms with Gasteiger partial charge in [0.15, 0.2) is 11.2 Å². The monoisotopic (exact) mass is 404 g/mol. The number of carbonyl (C=O) groups is 1. The maximum Gasteiger partial charge on any atom is 0.287 e. The molecule has 30 heavy (non-hydrogen) atoms. The lowest BCUT2D eigenvalue weighted by molar-refractivity contribution is 0.0928. The van der Waals surface area contributed by atoms with Gasteiger partial charge in [0, 0.05) is 30.9 Å². The van der Waals surface area contributed by atoms with Gasteiger partial charge in [-0.2, -0.15) is 0 Å². The van der Waals surface area contributed by atoms with E-state index in [9.17, 15) is 9.59 Å². The lowest BCUT2D eigenvalue weighted by atomic mass is 10.2. The van der Waals surface area contributed by atoms with E-state index in [2.05, 4.69) is 25.6 Å². The molecule has 9 nitrogen and oxygen atoms in total. The van der Waals surface area contributed by atoms with E-state index in [4.69, 9.17) is 4.42 Å². The number of nitrogens with one attached hydrogen (secondary N) is 2. The first-order valence-electron chi connectivity index (χ1n) is 9.41. The number of aryl methyl sites for hydroxylation is 1. The van der Waals surface area contributed by atoms with Crippen molar-refractivity contribution in [2.45, 2.75) is 13.8 Å². The molecule has 3 aromatic heterocycles. The molecule has 0 radical (unpaired) electrons. The zero-order valence-electron chi connectivity index (χ0n) is 16.5. The fraction of sp³-hybridized carbons (Fsp3) is 0.190. The molecule has 3 heterocycles. The smallest absolute Gasteiger partial charge is 0.287 e. The maximum absolute atomic E-state index is 12.3. The van der Waals surface area contributed by atoms with Crippen LogP contribution >= 0.6 is 0 Å². The molecule has 1 aromatic carbocycles. The second-order valence-electron chi connectivity index (χ2n) is 6.70. The van der Waals surface area contributed by atoms with Crippen LogP contribution in [0.4, 0.5) is 5.82 Å². The van der Waals surface area contributed by atoms with Crippen molar-refractivity contribution >= 4 is 22.7 Å². The number of hydrogen-bond acceptors (Lipinski definition) is 7. The molecule has 1 amide bonds. The molecule has 0 spiro atoms. The van der Waals surface area contributed by atoms with Gasteiger partial charge in [-0.3, -0.25) is 14.2 Å². The summed E-state index contributed by atoms with van der Waals surface area (Å²) in [6, 6.07) is 9.83. The Labute approximate surface area is 171 Å². The first kappa shape index (κ1) is 19.3. The van der Waals surface area contributed by atoms with Crippen molar-refractivity contribution in [2.75, 3.05) is 18.4 Å². The molecule has 0 bridgehead atoms. The SMILES string of the molecule is Cc1ncn(-c2cc(NCCNC(=O)c3cc(=O)c4ccccc4o3)ncn2)c1C. The number of anilines is 1. The molecule has 152 valence electrons. The van der Waals surface area contributed by atoms with Crippen molar-refractivity contribution < 1.29 is 9.21 Å². The first-order chi connectivity index (χ1) is 14.5. The van der Waals surface area contributed by atoms with Gasteiger partial charge in [0.1, 0.15) is 29.9 Å². The number of nitrogens with zero attached hydrogens (tertiary/aromatic N) is 4. The molecule has 0 atom stereocenters. The maximum atomic E-state index is 12.3. The Kier molecular flexibility index (Phi) is 5.25. The highest BCUT2D eigenvalue weighted by Gasteiger charge is 2.12. The number of hydrogen-bond donors (Lipinski definition) is 2. The molecule has 0 aliphatic carbocycles. The van der Waals surface area contributed by atoms with Crippen LogP contribution in [0.5, 0.6) is 0 Å². The summed E-state index contributed by atoms with van der Waals surface area (Å²) in [6.07, 6.45) is 3.18. The summed E-state index contributed by atoms with van der Waals surface area (Å²) in [5.74, 6) is 0.853. The van der Waals surface area contributed by atoms with Crippen LogP contribution < -0.4 is 16.1 Å². The third kappa shape index (κ3) is 3.90. The molecule has 4 aromatic rings. The Morgan fingerprint density at radius 2 is 1.93 bits per heavy atom. The lowest BCUT2D eigenvalue weighted by Gasteiger charge is -2.09. The average molecular weight is 404 g/mol. The van der Waals surface area contributed by atoms with Crippen LogP contribution in [0, 0.1) is 13.8 Å². The largest absolute Gasteiger partial charge is 0.451 e. The number of carbonyl (C=O) groups excluding carboxylic acids is 1. The Balaban J connectivity index is 1.36. The highest BCUT2D eigenvalue weighted by Crippen LogP contribution is 2.14. The van der Waals surface area contributed by atoms with Gasteiger partial charge in [0.25, 0.3) is 5.91 Å². The fourth-order valence-corrected chi connectivity index (χ4v) is 2.97. The normalized spacial score (nSPS) is 10.9. The number of imidazole rings is 1. The second kappa shape index (κ2) is 8.16. The van der Waals surface area contributed by atoms with Gasteiger partial charge in [-0.05, 0) is 26.0 Å². The number of amides is 1. The van der Waals surface area contributed by atoms with Crippen LogP contribution in [0.15, 0.2) is 58.3 Å². The fourth-order valence-electron chi connectivity index (χ4n) is 2.97. The molecular weight excluding hydrogens is 384 g/mol. The third-order valence-electron chi connectivity index (χ3n) is 4.73. The Morgan fingerprint density at radius 3 is 2.73 bits per heavy atom. The van der Waals surface area contributed by atoms with Gasteiger partial charge < -0.3 is 15.1 Å². The summed E-state index contributed by atoms with van der Waals surface area (Å²) in [6.45, 7) is 4.66. The Bertz CT molecular complexity index is 1280. The predicted molar refractivity (Wildman–Crippen MR) is 112 cm³/mol. The summed E-state index contributed by atoms with van der Waals surface area (Å²) in [7, 11) is 0. The molecule has 0 saturated heterocycles. The zero-order chi connectivity index (χ0) is 21.1. The predicted octanol–water partition coefficient (Wildman–Crippen LogP) is 2.23. The van der Waals surface area contributed by atoms with Crippen LogP contribution in [0.2, 0.25) is 0 Å². The van der Waals surface area contributed by atoms with Crippen molar-refractivity contribution in [2.24, 2.45) is 0 Å². The van der Waals surface area contributed by atoms with E-state index >= 15 is 0 Å². The van der Waals surface area contributed by atoms with Gasteiger partial charge in [-0.1, -0.05) is 12.1 Å². The second-order valence-corrected chi connectivity index (χ2v) is 6.70. The van der Waals surface area contributed by atoms with Gasteiger partial charge in [0.05, 0.1) is 11.1 Å². The minimum absolute atomic E-state index is 0.0195. The van der Waals surface area contributed by atoms with E-state index in [-0.39, 0.29) is 11.2 Å². The lowest BCUT2D eigenvalue weighted by Crippen LogP contribution is -2.29. The van der Waals surface area contributed by atoms with Crippen LogP contribution in [-0.4, -0.2) is 38.5 Å². The molecule has 2 N–H and O–H groups in total. The summed E-state index contributed by atoms with van der Waals surface area (Å²) < 4.78 is 7.42. The average Bonchev–Trinajstić information content (AvgIpc) is 3.09. The van der Waals surface area contributed by atoms with Crippen LogP contribution in [0.1, 0.15) is 21.9 Å². The molecule has 0 unspecified atom stereocenters. The number of aromatic nitrogens is 4. The van der Waals surface area contributed by atoms with E-state index < -0.39 is 5.91 Å². The van der Waals surface area contributed by atoms with E-state index in [1.807, 2.05) is 18.4 Å². The van der Waals surface area contributed by atoms with E-state index in [0.717, 1.165) is 11.4 Å². The minimum atomic E-state index is -0.451. The minimum Gasteiger partial charge on any atom is -0.451 e. The van der Waals surface area contributed by atoms with Crippen molar-refractivity contribution in [3.8, 4) is 5.82 Å². The molecule has 9 heteroatoms. The summed E-state index contributed by atoms with van der Waals surface area (Å²) >= 11 is 0. The van der Waals surface area contributed by atoms with E-state index in [1.165, 1.54) is 12.4 Å². The van der Waals surface area contributed by atoms with Crippen LogP contribution in [0.25, 0.3) is 16.8 Å². The quantitative estimate of drug-likeness (QED) is 0.474. The van der Waals surface area contributed by atoms with E-state index in [0.29, 0.717) is 35.7 Å². The Hall–Kier alpha value is -4.01. The van der Waals surface area contributed by atoms with Crippen molar-refractivity contribution in [3.63, 3.8) is 0 Å². The van der Waals surface area contributed by atoms with Crippen LogP contribution in [-0.2, 0) is 0 Å². The molecule has 0 aliphatic heterocycles. The van der Waals surface area contributed by atoms with Crippen LogP contribution in [0.3, 0.4) is 0 Å². The van der Waals surface area contributed by atoms with E-state index in [1.54, 1.807) is 36.7 Å². The highest BCUT2D eigenvalue weighted by atomic mass is 16.3. The number of para-hydroxylation sites is 1. The highest BCUT2D eigenvalue weighted by molar-refractivity contribution is 5.93. The standard InChI is InChI=1S/C21H20N6O3/c1-13-14(2)27(12-26-13)20-10-19(24-11-25-20)22-7-8-23-21(29)18-9-16(28)15-5-3-4-6-17(15)30-18/h3-6,9-12H,7-8H2,1-2H3,(H,23,29)(H,22,24,25). The third-order valence-corrected chi connectivity index (χ3v) is 4.73. The van der Waals surface area contributed by atoms with Gasteiger partial charge in [0.2, 0.25) is 0 Å². The van der Waals surface area contributed by atoms with Gasteiger partial charge in [-0.25, -0.2) is 15.0 Å². The van der Waals surface area contributed by atoms with Crippen molar-refractivity contribution in [1.29, 1.82) is 0 Å². The van der Waals surface area contributed by atoms with Crippen molar-refractivity contribution in [3.05, 3.63) is 76.4 Å². The molecule has 0 aliphatic rings. The first-order valence-corrected chi connectivity index (χ1v) is 9.41. The molecule has 4 rings (SSSR count). The van der Waals surface area contributed by atoms with Gasteiger partial charge >= 0.3 is 0 Å². The molecular formula is C21H20N6O3. The van der Waals surface area contributed by atoms with Gasteiger partial charge in [-0.15, -0.1) is 0 Å². The van der Waals surface area contributed by atoms with Crippen molar-refractivity contribution in [1.82, 2.24) is 24.8 Å². The number of benzene rings is 1. The zero-order valence-corrected chi connectivity index (χ0v) is 16.5. The summed E-state index contributed by atoms with van der Waals surface area (Å²) in [5, 5.41) is 6.31.